The summed E-state index contributed by atoms with van der Waals surface area (Å²) in [6.45, 7) is 5.04. The summed E-state index contributed by atoms with van der Waals surface area (Å²) in [5.41, 5.74) is -1.22. The molecule has 0 amide bonds. The molecule has 5 nitrogen and oxygen atoms in total. The molecule has 2 aromatic rings. The van der Waals surface area contributed by atoms with Crippen LogP contribution in [0.2, 0.25) is 0 Å². The second-order valence-electron chi connectivity index (χ2n) is 7.47. The van der Waals surface area contributed by atoms with Gasteiger partial charge in [0.05, 0.1) is 35.4 Å². The van der Waals surface area contributed by atoms with E-state index in [1.165, 1.54) is 6.07 Å². The molecule has 1 aliphatic rings. The number of benzene rings is 1. The van der Waals surface area contributed by atoms with Crippen LogP contribution in [0.15, 0.2) is 30.7 Å². The molecule has 1 fully saturated rings. The maximum absolute atomic E-state index is 13.4. The predicted octanol–water partition coefficient (Wildman–Crippen LogP) is 4.45. The number of imidazole rings is 1. The zero-order valence-corrected chi connectivity index (χ0v) is 16.6. The molecule has 2 unspecified atom stereocenters. The van der Waals surface area contributed by atoms with Crippen LogP contribution in [0.3, 0.4) is 0 Å². The third kappa shape index (κ3) is 4.10. The summed E-state index contributed by atoms with van der Waals surface area (Å²) >= 11 is 0. The van der Waals surface area contributed by atoms with Gasteiger partial charge in [0.25, 0.3) is 0 Å². The van der Waals surface area contributed by atoms with E-state index in [0.717, 1.165) is 24.6 Å². The van der Waals surface area contributed by atoms with E-state index in [9.17, 15) is 18.3 Å². The van der Waals surface area contributed by atoms with E-state index in [1.807, 2.05) is 23.3 Å². The van der Waals surface area contributed by atoms with Crippen LogP contribution < -0.4 is 4.90 Å². The van der Waals surface area contributed by atoms with Crippen molar-refractivity contribution < 1.29 is 18.3 Å². The van der Waals surface area contributed by atoms with Crippen LogP contribution in [0, 0.1) is 11.3 Å². The van der Waals surface area contributed by atoms with Crippen LogP contribution in [-0.4, -0.2) is 27.2 Å². The lowest BCUT2D eigenvalue weighted by Gasteiger charge is -2.43. The molecule has 1 saturated carbocycles. The Bertz CT molecular complexity index is 902. The second-order valence-corrected chi connectivity index (χ2v) is 7.47. The molecular weight excluding hydrogens is 381 g/mol. The Morgan fingerprint density at radius 1 is 1.38 bits per heavy atom. The van der Waals surface area contributed by atoms with Crippen LogP contribution in [0.1, 0.15) is 56.4 Å². The van der Waals surface area contributed by atoms with E-state index in [-0.39, 0.29) is 11.6 Å². The fourth-order valence-electron chi connectivity index (χ4n) is 4.38. The molecule has 0 bridgehead atoms. The molecule has 1 N–H and O–H groups in total. The number of aromatic nitrogens is 2. The monoisotopic (exact) mass is 406 g/mol. The van der Waals surface area contributed by atoms with Crippen molar-refractivity contribution in [3.8, 4) is 6.07 Å². The number of aryl methyl sites for hydroxylation is 1. The van der Waals surface area contributed by atoms with Crippen molar-refractivity contribution >= 4 is 5.69 Å². The van der Waals surface area contributed by atoms with Gasteiger partial charge in [0, 0.05) is 31.2 Å². The van der Waals surface area contributed by atoms with Crippen molar-refractivity contribution in [2.75, 3.05) is 11.4 Å². The van der Waals surface area contributed by atoms with Gasteiger partial charge in [0.15, 0.2) is 0 Å². The topological polar surface area (TPSA) is 65.1 Å². The number of alkyl halides is 3. The fourth-order valence-corrected chi connectivity index (χ4v) is 4.38. The quantitative estimate of drug-likeness (QED) is 0.797. The van der Waals surface area contributed by atoms with E-state index < -0.39 is 17.3 Å². The Balaban J connectivity index is 1.93. The highest BCUT2D eigenvalue weighted by molar-refractivity contribution is 5.55. The van der Waals surface area contributed by atoms with Crippen LogP contribution in [-0.2, 0) is 18.3 Å². The Labute approximate surface area is 168 Å². The van der Waals surface area contributed by atoms with Crippen LogP contribution in [0.5, 0.6) is 0 Å². The van der Waals surface area contributed by atoms with Gasteiger partial charge in [-0.3, -0.25) is 0 Å². The lowest BCUT2D eigenvalue weighted by molar-refractivity contribution is -0.137. The standard InChI is InChI=1S/C21H25F3N4O/c1-3-27-14-26-13-19(27)20(29)9-5-6-17(11-20)28(4-2)16-8-7-15(12-25)18(10-16)21(22,23)24/h7-8,10,13-14,17,29H,3-6,9,11H2,1-2H3. The Morgan fingerprint density at radius 2 is 2.14 bits per heavy atom. The van der Waals surface area contributed by atoms with Crippen molar-refractivity contribution in [3.05, 3.63) is 47.5 Å². The number of anilines is 1. The third-order valence-electron chi connectivity index (χ3n) is 5.77. The van der Waals surface area contributed by atoms with E-state index in [4.69, 9.17) is 5.26 Å². The van der Waals surface area contributed by atoms with E-state index in [0.29, 0.717) is 31.6 Å². The Kier molecular flexibility index (Phi) is 5.90. The van der Waals surface area contributed by atoms with Gasteiger partial charge in [0.1, 0.15) is 5.60 Å². The van der Waals surface area contributed by atoms with E-state index in [1.54, 1.807) is 24.7 Å². The minimum atomic E-state index is -4.60. The number of nitrogens with zero attached hydrogens (tertiary/aromatic N) is 4. The number of halogens is 3. The number of rotatable bonds is 5. The number of aliphatic hydroxyl groups is 1. The minimum Gasteiger partial charge on any atom is -0.383 e. The molecule has 0 radical (unpaired) electrons. The third-order valence-corrected chi connectivity index (χ3v) is 5.77. The molecule has 1 aromatic carbocycles. The van der Waals surface area contributed by atoms with Crippen LogP contribution in [0.25, 0.3) is 0 Å². The first-order valence-corrected chi connectivity index (χ1v) is 9.84. The van der Waals surface area contributed by atoms with Crippen LogP contribution in [0.4, 0.5) is 18.9 Å². The first-order chi connectivity index (χ1) is 13.7. The molecule has 1 aromatic heterocycles. The van der Waals surface area contributed by atoms with Gasteiger partial charge in [-0.05, 0) is 51.3 Å². The molecule has 1 aliphatic carbocycles. The predicted molar refractivity (Wildman–Crippen MR) is 103 cm³/mol. The van der Waals surface area contributed by atoms with Crippen molar-refractivity contribution in [3.63, 3.8) is 0 Å². The van der Waals surface area contributed by atoms with Crippen LogP contribution >= 0.6 is 0 Å². The zero-order chi connectivity index (χ0) is 21.2. The van der Waals surface area contributed by atoms with Gasteiger partial charge in [-0.15, -0.1) is 0 Å². The molecule has 0 saturated heterocycles. The minimum absolute atomic E-state index is 0.118. The summed E-state index contributed by atoms with van der Waals surface area (Å²) in [5, 5.41) is 20.4. The van der Waals surface area contributed by atoms with E-state index >= 15 is 0 Å². The van der Waals surface area contributed by atoms with Gasteiger partial charge in [-0.2, -0.15) is 18.4 Å². The lowest BCUT2D eigenvalue weighted by Crippen LogP contribution is -2.45. The maximum atomic E-state index is 13.4. The van der Waals surface area contributed by atoms with E-state index in [2.05, 4.69) is 4.98 Å². The molecule has 2 atom stereocenters. The van der Waals surface area contributed by atoms with Crippen molar-refractivity contribution in [2.24, 2.45) is 0 Å². The number of hydrogen-bond donors (Lipinski definition) is 1. The zero-order valence-electron chi connectivity index (χ0n) is 16.6. The van der Waals surface area contributed by atoms with Crippen molar-refractivity contribution in [2.45, 2.75) is 63.9 Å². The van der Waals surface area contributed by atoms with Gasteiger partial charge < -0.3 is 14.6 Å². The Morgan fingerprint density at radius 3 is 2.76 bits per heavy atom. The van der Waals surface area contributed by atoms with Gasteiger partial charge >= 0.3 is 6.18 Å². The average molecular weight is 406 g/mol. The summed E-state index contributed by atoms with van der Waals surface area (Å²) in [7, 11) is 0. The summed E-state index contributed by atoms with van der Waals surface area (Å²) in [4.78, 5) is 6.05. The SMILES string of the molecule is CCN(c1ccc(C#N)c(C(F)(F)F)c1)C1CCCC(O)(c2cncn2CC)C1. The molecule has 156 valence electrons. The first kappa shape index (κ1) is 21.2. The summed E-state index contributed by atoms with van der Waals surface area (Å²) in [6.07, 6.45) is 1.30. The van der Waals surface area contributed by atoms with Gasteiger partial charge in [0.2, 0.25) is 0 Å². The smallest absolute Gasteiger partial charge is 0.383 e. The number of hydrogen-bond acceptors (Lipinski definition) is 4. The summed E-state index contributed by atoms with van der Waals surface area (Å²) in [5.74, 6) is 0. The molecule has 1 heterocycles. The largest absolute Gasteiger partial charge is 0.417 e. The summed E-state index contributed by atoms with van der Waals surface area (Å²) in [6, 6.07) is 5.33. The first-order valence-electron chi connectivity index (χ1n) is 9.84. The van der Waals surface area contributed by atoms with Crippen molar-refractivity contribution in [1.29, 1.82) is 5.26 Å². The normalized spacial score (nSPS) is 22.3. The van der Waals surface area contributed by atoms with Crippen molar-refractivity contribution in [1.82, 2.24) is 9.55 Å². The molecular formula is C21H25F3N4O. The highest BCUT2D eigenvalue weighted by atomic mass is 19.4. The van der Waals surface area contributed by atoms with Gasteiger partial charge in [-0.25, -0.2) is 4.98 Å². The highest BCUT2D eigenvalue weighted by Crippen LogP contribution is 2.41. The lowest BCUT2D eigenvalue weighted by atomic mass is 9.79. The molecule has 29 heavy (non-hydrogen) atoms. The molecule has 3 rings (SSSR count). The maximum Gasteiger partial charge on any atom is 0.417 e. The Hall–Kier alpha value is -2.53. The summed E-state index contributed by atoms with van der Waals surface area (Å²) < 4.78 is 42.1. The second kappa shape index (κ2) is 8.07. The van der Waals surface area contributed by atoms with Gasteiger partial charge in [-0.1, -0.05) is 0 Å². The molecule has 0 aliphatic heterocycles. The highest BCUT2D eigenvalue weighted by Gasteiger charge is 2.40. The molecule has 8 heteroatoms. The number of nitriles is 1. The molecule has 0 spiro atoms. The fraction of sp³-hybridized carbons (Fsp3) is 0.524. The average Bonchev–Trinajstić information content (AvgIpc) is 3.18.